The van der Waals surface area contributed by atoms with Crippen molar-refractivity contribution < 1.29 is 18.7 Å². The number of aliphatic hydroxyl groups is 1. The zero-order valence-electron chi connectivity index (χ0n) is 11.3. The van der Waals surface area contributed by atoms with Crippen LogP contribution >= 0.6 is 0 Å². The molecule has 0 radical (unpaired) electrons. The van der Waals surface area contributed by atoms with Crippen molar-refractivity contribution >= 4 is 5.91 Å². The average Bonchev–Trinajstić information content (AvgIpc) is 2.36. The molecule has 0 aromatic heterocycles. The minimum absolute atomic E-state index is 0.00169. The Labute approximate surface area is 112 Å². The molecule has 1 saturated heterocycles. The van der Waals surface area contributed by atoms with Crippen molar-refractivity contribution in [2.45, 2.75) is 56.6 Å². The summed E-state index contributed by atoms with van der Waals surface area (Å²) in [5, 5.41) is 12.1. The van der Waals surface area contributed by atoms with E-state index in [1.165, 1.54) is 0 Å². The highest BCUT2D eigenvalue weighted by atomic mass is 19.3. The summed E-state index contributed by atoms with van der Waals surface area (Å²) in [7, 11) is 0. The molecule has 0 spiro atoms. The van der Waals surface area contributed by atoms with Gasteiger partial charge >= 0.3 is 5.92 Å². The summed E-state index contributed by atoms with van der Waals surface area (Å²) in [5.41, 5.74) is -2.12. The number of nitrogens with zero attached hydrogens (tertiary/aromatic N) is 1. The number of carbonyl (C=O) groups excluding carboxylic acids is 1. The highest BCUT2D eigenvalue weighted by molar-refractivity contribution is 5.85. The lowest BCUT2D eigenvalue weighted by Gasteiger charge is -2.42. The van der Waals surface area contributed by atoms with Gasteiger partial charge in [-0.1, -0.05) is 6.92 Å². The molecule has 2 rings (SSSR count). The molecule has 1 aliphatic carbocycles. The molecule has 2 fully saturated rings. The molecule has 0 aromatic rings. The zero-order chi connectivity index (χ0) is 14.1. The number of alkyl halides is 2. The van der Waals surface area contributed by atoms with E-state index in [0.717, 1.165) is 19.6 Å². The van der Waals surface area contributed by atoms with Gasteiger partial charge in [0.2, 0.25) is 0 Å². The van der Waals surface area contributed by atoms with Crippen LogP contribution in [0.1, 0.15) is 39.0 Å². The number of nitrogens with one attached hydrogen (secondary N) is 1. The van der Waals surface area contributed by atoms with Gasteiger partial charge in [-0.25, -0.2) is 0 Å². The van der Waals surface area contributed by atoms with Gasteiger partial charge in [-0.15, -0.1) is 0 Å². The van der Waals surface area contributed by atoms with Crippen LogP contribution in [0.25, 0.3) is 0 Å². The molecule has 2 N–H and O–H groups in total. The van der Waals surface area contributed by atoms with Gasteiger partial charge in [-0.2, -0.15) is 8.78 Å². The van der Waals surface area contributed by atoms with Crippen LogP contribution in [-0.2, 0) is 4.79 Å². The Balaban J connectivity index is 1.87. The van der Waals surface area contributed by atoms with Gasteiger partial charge in [0, 0.05) is 19.1 Å². The summed E-state index contributed by atoms with van der Waals surface area (Å²) in [6.45, 7) is 4.63. The average molecular weight is 276 g/mol. The molecule has 1 heterocycles. The van der Waals surface area contributed by atoms with Crippen LogP contribution < -0.4 is 5.32 Å². The molecule has 4 nitrogen and oxygen atoms in total. The minimum Gasteiger partial charge on any atom is -0.383 e. The van der Waals surface area contributed by atoms with Crippen LogP contribution in [0.3, 0.4) is 0 Å². The Kier molecular flexibility index (Phi) is 4.11. The first-order chi connectivity index (χ1) is 8.89. The lowest BCUT2D eigenvalue weighted by atomic mass is 9.75. The smallest absolute Gasteiger partial charge is 0.352 e. The maximum Gasteiger partial charge on any atom is 0.352 e. The lowest BCUT2D eigenvalue weighted by molar-refractivity contribution is -0.216. The van der Waals surface area contributed by atoms with Crippen molar-refractivity contribution in [2.24, 2.45) is 0 Å². The van der Waals surface area contributed by atoms with Crippen molar-refractivity contribution in [3.05, 3.63) is 0 Å². The standard InChI is InChI=1S/C13H22F2N2O2/c1-2-17-8-4-10(5-9-17)16-11(18)13(14,15)12(19)6-3-7-12/h10,19H,2-9H2,1H3,(H,16,18). The van der Waals surface area contributed by atoms with Gasteiger partial charge in [-0.05, 0) is 38.6 Å². The fourth-order valence-corrected chi connectivity index (χ4v) is 2.71. The fourth-order valence-electron chi connectivity index (χ4n) is 2.71. The van der Waals surface area contributed by atoms with Crippen molar-refractivity contribution in [2.75, 3.05) is 19.6 Å². The van der Waals surface area contributed by atoms with E-state index in [0.29, 0.717) is 19.3 Å². The van der Waals surface area contributed by atoms with Crippen LogP contribution in [0.4, 0.5) is 8.78 Å². The molecule has 0 atom stereocenters. The van der Waals surface area contributed by atoms with Crippen LogP contribution in [0.5, 0.6) is 0 Å². The second-order valence-electron chi connectivity index (χ2n) is 5.64. The molecule has 0 unspecified atom stereocenters. The van der Waals surface area contributed by atoms with E-state index in [4.69, 9.17) is 0 Å². The normalized spacial score (nSPS) is 24.8. The Hall–Kier alpha value is -0.750. The first kappa shape index (κ1) is 14.7. The molecule has 2 aliphatic rings. The van der Waals surface area contributed by atoms with E-state index in [1.807, 2.05) is 0 Å². The number of halogens is 2. The maximum atomic E-state index is 13.9. The molecular formula is C13H22F2N2O2. The van der Waals surface area contributed by atoms with Crippen LogP contribution in [0.15, 0.2) is 0 Å². The summed E-state index contributed by atoms with van der Waals surface area (Å²) in [6, 6.07) is -0.204. The van der Waals surface area contributed by atoms with Gasteiger partial charge in [0.25, 0.3) is 5.91 Å². The number of piperidine rings is 1. The van der Waals surface area contributed by atoms with Gasteiger partial charge in [0.15, 0.2) is 0 Å². The summed E-state index contributed by atoms with van der Waals surface area (Å²) in [5.74, 6) is -4.99. The van der Waals surface area contributed by atoms with Crippen molar-refractivity contribution in [3.8, 4) is 0 Å². The fraction of sp³-hybridized carbons (Fsp3) is 0.923. The van der Waals surface area contributed by atoms with Gasteiger partial charge in [0.1, 0.15) is 5.60 Å². The molecule has 1 aliphatic heterocycles. The second kappa shape index (κ2) is 5.32. The van der Waals surface area contributed by atoms with Crippen molar-refractivity contribution in [3.63, 3.8) is 0 Å². The lowest BCUT2D eigenvalue weighted by Crippen LogP contribution is -2.62. The number of likely N-dealkylation sites (tertiary alicyclic amines) is 1. The van der Waals surface area contributed by atoms with E-state index in [9.17, 15) is 18.7 Å². The minimum atomic E-state index is -3.67. The first-order valence-electron chi connectivity index (χ1n) is 7.02. The Morgan fingerprint density at radius 1 is 1.42 bits per heavy atom. The number of hydrogen-bond acceptors (Lipinski definition) is 3. The molecule has 0 aromatic carbocycles. The SMILES string of the molecule is CCN1CCC(NC(=O)C(F)(F)C2(O)CCC2)CC1. The third-order valence-corrected chi connectivity index (χ3v) is 4.42. The predicted molar refractivity (Wildman–Crippen MR) is 67.0 cm³/mol. The van der Waals surface area contributed by atoms with Crippen LogP contribution in [0, 0.1) is 0 Å². The number of carbonyl (C=O) groups is 1. The van der Waals surface area contributed by atoms with E-state index in [1.54, 1.807) is 0 Å². The summed E-state index contributed by atoms with van der Waals surface area (Å²) < 4.78 is 27.7. The van der Waals surface area contributed by atoms with Crippen molar-refractivity contribution in [1.29, 1.82) is 0 Å². The van der Waals surface area contributed by atoms with E-state index in [2.05, 4.69) is 17.1 Å². The Morgan fingerprint density at radius 2 is 2.00 bits per heavy atom. The molecule has 0 bridgehead atoms. The molecule has 110 valence electrons. The van der Waals surface area contributed by atoms with E-state index in [-0.39, 0.29) is 18.9 Å². The monoisotopic (exact) mass is 276 g/mol. The maximum absolute atomic E-state index is 13.9. The topological polar surface area (TPSA) is 52.6 Å². The second-order valence-corrected chi connectivity index (χ2v) is 5.64. The third kappa shape index (κ3) is 2.74. The summed E-state index contributed by atoms with van der Waals surface area (Å²) in [4.78, 5) is 13.9. The number of hydrogen-bond donors (Lipinski definition) is 2. The first-order valence-corrected chi connectivity index (χ1v) is 7.02. The zero-order valence-corrected chi connectivity index (χ0v) is 11.3. The Bertz CT molecular complexity index is 338. The molecule has 19 heavy (non-hydrogen) atoms. The van der Waals surface area contributed by atoms with Gasteiger partial charge in [0.05, 0.1) is 0 Å². The number of rotatable bonds is 4. The predicted octanol–water partition coefficient (Wildman–Crippen LogP) is 1.14. The van der Waals surface area contributed by atoms with Gasteiger partial charge in [-0.3, -0.25) is 4.79 Å². The molecule has 1 saturated carbocycles. The highest BCUT2D eigenvalue weighted by Crippen LogP contribution is 2.44. The van der Waals surface area contributed by atoms with Gasteiger partial charge < -0.3 is 15.3 Å². The molecule has 6 heteroatoms. The van der Waals surface area contributed by atoms with E-state index < -0.39 is 17.4 Å². The van der Waals surface area contributed by atoms with E-state index >= 15 is 0 Å². The highest BCUT2D eigenvalue weighted by Gasteiger charge is 2.61. The summed E-state index contributed by atoms with van der Waals surface area (Å²) in [6.07, 6.45) is 1.93. The quantitative estimate of drug-likeness (QED) is 0.809. The Morgan fingerprint density at radius 3 is 2.42 bits per heavy atom. The molecular weight excluding hydrogens is 254 g/mol. The largest absolute Gasteiger partial charge is 0.383 e. The number of amides is 1. The van der Waals surface area contributed by atoms with Crippen LogP contribution in [0.2, 0.25) is 0 Å². The summed E-state index contributed by atoms with van der Waals surface area (Å²) >= 11 is 0. The van der Waals surface area contributed by atoms with Crippen LogP contribution in [-0.4, -0.2) is 53.1 Å². The third-order valence-electron chi connectivity index (χ3n) is 4.42. The molecule has 1 amide bonds. The van der Waals surface area contributed by atoms with Crippen molar-refractivity contribution in [1.82, 2.24) is 10.2 Å².